The number of ether oxygens (including phenoxy) is 3. The van der Waals surface area contributed by atoms with E-state index in [4.69, 9.17) is 14.2 Å². The third-order valence-electron chi connectivity index (χ3n) is 2.98. The third kappa shape index (κ3) is 2.36. The summed E-state index contributed by atoms with van der Waals surface area (Å²) in [6, 6.07) is 3.80. The summed E-state index contributed by atoms with van der Waals surface area (Å²) in [5.41, 5.74) is 0.932. The van der Waals surface area contributed by atoms with Crippen molar-refractivity contribution in [3.05, 3.63) is 24.5 Å². The van der Waals surface area contributed by atoms with Crippen molar-refractivity contribution in [1.29, 1.82) is 0 Å². The Morgan fingerprint density at radius 2 is 1.68 bits per heavy atom. The molecule has 102 valence electrons. The first kappa shape index (κ1) is 13.3. The predicted molar refractivity (Wildman–Crippen MR) is 73.0 cm³/mol. The summed E-state index contributed by atoms with van der Waals surface area (Å²) < 4.78 is 18.1. The largest absolute Gasteiger partial charge is 0.493 e. The smallest absolute Gasteiger partial charge is 0.203 e. The first-order valence-corrected chi connectivity index (χ1v) is 6.06. The normalized spacial score (nSPS) is 10.3. The number of aromatic nitrogens is 2. The van der Waals surface area contributed by atoms with Crippen molar-refractivity contribution in [2.45, 2.75) is 13.5 Å². The topological polar surface area (TPSA) is 45.5 Å². The van der Waals surface area contributed by atoms with Gasteiger partial charge in [-0.1, -0.05) is 0 Å². The molecule has 1 aromatic heterocycles. The van der Waals surface area contributed by atoms with E-state index in [0.29, 0.717) is 17.2 Å². The summed E-state index contributed by atoms with van der Waals surface area (Å²) in [4.78, 5) is 4.37. The fraction of sp³-hybridized carbons (Fsp3) is 0.357. The monoisotopic (exact) mass is 262 g/mol. The van der Waals surface area contributed by atoms with Crippen molar-refractivity contribution in [2.75, 3.05) is 21.3 Å². The number of hydrogen-bond acceptors (Lipinski definition) is 4. The Balaban J connectivity index is 2.59. The Bertz CT molecular complexity index is 539. The molecule has 0 radical (unpaired) electrons. The number of aryl methyl sites for hydroxylation is 1. The van der Waals surface area contributed by atoms with E-state index < -0.39 is 0 Å². The van der Waals surface area contributed by atoms with Crippen LogP contribution in [-0.4, -0.2) is 30.9 Å². The van der Waals surface area contributed by atoms with Gasteiger partial charge < -0.3 is 18.8 Å². The van der Waals surface area contributed by atoms with Crippen molar-refractivity contribution in [2.24, 2.45) is 0 Å². The maximum Gasteiger partial charge on any atom is 0.203 e. The van der Waals surface area contributed by atoms with E-state index in [1.807, 2.05) is 18.3 Å². The van der Waals surface area contributed by atoms with Crippen molar-refractivity contribution in [1.82, 2.24) is 9.55 Å². The zero-order chi connectivity index (χ0) is 13.8. The molecule has 5 nitrogen and oxygen atoms in total. The third-order valence-corrected chi connectivity index (χ3v) is 2.98. The Labute approximate surface area is 112 Å². The Kier molecular flexibility index (Phi) is 3.94. The number of imidazole rings is 1. The van der Waals surface area contributed by atoms with Crippen LogP contribution in [0.25, 0.3) is 11.4 Å². The molecule has 0 spiro atoms. The molecule has 0 fully saturated rings. The quantitative estimate of drug-likeness (QED) is 0.831. The molecule has 0 saturated heterocycles. The van der Waals surface area contributed by atoms with Crippen molar-refractivity contribution in [3.63, 3.8) is 0 Å². The van der Waals surface area contributed by atoms with Crippen molar-refractivity contribution in [3.8, 4) is 28.6 Å². The lowest BCUT2D eigenvalue weighted by Gasteiger charge is -2.14. The van der Waals surface area contributed by atoms with Crippen molar-refractivity contribution >= 4 is 0 Å². The highest BCUT2D eigenvalue weighted by Crippen LogP contribution is 2.40. The molecule has 1 aromatic carbocycles. The second-order valence-electron chi connectivity index (χ2n) is 3.95. The van der Waals surface area contributed by atoms with Gasteiger partial charge in [0.2, 0.25) is 5.75 Å². The number of hydrogen-bond donors (Lipinski definition) is 0. The van der Waals surface area contributed by atoms with Crippen LogP contribution in [0.5, 0.6) is 17.2 Å². The summed E-state index contributed by atoms with van der Waals surface area (Å²) in [5, 5.41) is 0. The molecule has 0 aliphatic rings. The summed E-state index contributed by atoms with van der Waals surface area (Å²) in [7, 11) is 4.80. The minimum atomic E-state index is 0.586. The summed E-state index contributed by atoms with van der Waals surface area (Å²) >= 11 is 0. The average Bonchev–Trinajstić information content (AvgIpc) is 2.93. The molecule has 0 aliphatic carbocycles. The highest BCUT2D eigenvalue weighted by Gasteiger charge is 2.16. The maximum atomic E-state index is 5.35. The van der Waals surface area contributed by atoms with Gasteiger partial charge in [0.15, 0.2) is 11.5 Å². The van der Waals surface area contributed by atoms with Gasteiger partial charge in [-0.15, -0.1) is 0 Å². The van der Waals surface area contributed by atoms with Gasteiger partial charge in [-0.2, -0.15) is 0 Å². The van der Waals surface area contributed by atoms with Gasteiger partial charge >= 0.3 is 0 Å². The Morgan fingerprint density at radius 1 is 1.05 bits per heavy atom. The zero-order valence-electron chi connectivity index (χ0n) is 11.6. The highest BCUT2D eigenvalue weighted by atomic mass is 16.5. The van der Waals surface area contributed by atoms with Crippen LogP contribution >= 0.6 is 0 Å². The van der Waals surface area contributed by atoms with Gasteiger partial charge in [-0.3, -0.25) is 0 Å². The molecule has 0 bridgehead atoms. The van der Waals surface area contributed by atoms with Crippen LogP contribution in [0.15, 0.2) is 24.5 Å². The molecular weight excluding hydrogens is 244 g/mol. The number of nitrogens with zero attached hydrogens (tertiary/aromatic N) is 2. The molecule has 0 N–H and O–H groups in total. The second kappa shape index (κ2) is 5.65. The molecule has 2 rings (SSSR count). The second-order valence-corrected chi connectivity index (χ2v) is 3.95. The highest BCUT2D eigenvalue weighted by molar-refractivity contribution is 5.67. The van der Waals surface area contributed by atoms with E-state index >= 15 is 0 Å². The first-order valence-electron chi connectivity index (χ1n) is 6.06. The van der Waals surface area contributed by atoms with Gasteiger partial charge in [0.25, 0.3) is 0 Å². The summed E-state index contributed by atoms with van der Waals surface area (Å²) in [5.74, 6) is 2.72. The molecule has 0 amide bonds. The SMILES string of the molecule is CCn1ccnc1-c1cc(OC)c(OC)c(OC)c1. The van der Waals surface area contributed by atoms with E-state index in [0.717, 1.165) is 17.9 Å². The first-order chi connectivity index (χ1) is 9.24. The maximum absolute atomic E-state index is 5.35. The van der Waals surface area contributed by atoms with E-state index in [-0.39, 0.29) is 0 Å². The lowest BCUT2D eigenvalue weighted by molar-refractivity contribution is 0.324. The molecule has 2 aromatic rings. The van der Waals surface area contributed by atoms with E-state index in [1.165, 1.54) is 0 Å². The molecule has 0 aliphatic heterocycles. The van der Waals surface area contributed by atoms with Crippen molar-refractivity contribution < 1.29 is 14.2 Å². The van der Waals surface area contributed by atoms with Crippen LogP contribution in [0.4, 0.5) is 0 Å². The van der Waals surface area contributed by atoms with E-state index in [9.17, 15) is 0 Å². The van der Waals surface area contributed by atoms with Gasteiger partial charge in [-0.25, -0.2) is 4.98 Å². The molecule has 1 heterocycles. The predicted octanol–water partition coefficient (Wildman–Crippen LogP) is 2.60. The number of benzene rings is 1. The molecule has 19 heavy (non-hydrogen) atoms. The van der Waals surface area contributed by atoms with Crippen LogP contribution in [0.3, 0.4) is 0 Å². The number of rotatable bonds is 5. The molecule has 0 unspecified atom stereocenters. The summed E-state index contributed by atoms with van der Waals surface area (Å²) in [6.45, 7) is 2.93. The zero-order valence-corrected chi connectivity index (χ0v) is 11.6. The summed E-state index contributed by atoms with van der Waals surface area (Å²) in [6.07, 6.45) is 3.72. The lowest BCUT2D eigenvalue weighted by atomic mass is 10.1. The lowest BCUT2D eigenvalue weighted by Crippen LogP contribution is -1.99. The van der Waals surface area contributed by atoms with Gasteiger partial charge in [0, 0.05) is 24.5 Å². The van der Waals surface area contributed by atoms with Crippen LogP contribution in [0.2, 0.25) is 0 Å². The molecule has 0 atom stereocenters. The Hall–Kier alpha value is -2.17. The van der Waals surface area contributed by atoms with Crippen LogP contribution in [-0.2, 0) is 6.54 Å². The fourth-order valence-corrected chi connectivity index (χ4v) is 2.03. The number of methoxy groups -OCH3 is 3. The van der Waals surface area contributed by atoms with Gasteiger partial charge in [-0.05, 0) is 19.1 Å². The minimum Gasteiger partial charge on any atom is -0.493 e. The molecule has 5 heteroatoms. The Morgan fingerprint density at radius 3 is 2.16 bits per heavy atom. The molecule has 0 saturated carbocycles. The van der Waals surface area contributed by atoms with Gasteiger partial charge in [0.1, 0.15) is 5.82 Å². The van der Waals surface area contributed by atoms with E-state index in [1.54, 1.807) is 27.5 Å². The van der Waals surface area contributed by atoms with Crippen LogP contribution in [0.1, 0.15) is 6.92 Å². The average molecular weight is 262 g/mol. The fourth-order valence-electron chi connectivity index (χ4n) is 2.03. The molecular formula is C14H18N2O3. The van der Waals surface area contributed by atoms with Crippen LogP contribution < -0.4 is 14.2 Å². The standard InChI is InChI=1S/C14H18N2O3/c1-5-16-7-6-15-14(16)10-8-11(17-2)13(19-4)12(9-10)18-3/h6-9H,5H2,1-4H3. The van der Waals surface area contributed by atoms with Gasteiger partial charge in [0.05, 0.1) is 21.3 Å². The minimum absolute atomic E-state index is 0.586. The van der Waals surface area contributed by atoms with Crippen LogP contribution in [0, 0.1) is 0 Å². The van der Waals surface area contributed by atoms with E-state index in [2.05, 4.69) is 16.5 Å².